The summed E-state index contributed by atoms with van der Waals surface area (Å²) in [7, 11) is 0. The average Bonchev–Trinajstić information content (AvgIpc) is 2.35. The fourth-order valence-electron chi connectivity index (χ4n) is 1.12. The molecule has 2 amide bonds. The minimum Gasteiger partial charge on any atom is -0.292 e. The molecule has 0 aliphatic rings. The van der Waals surface area contributed by atoms with E-state index >= 15 is 0 Å². The van der Waals surface area contributed by atoms with E-state index in [-0.39, 0.29) is 10.9 Å². The molecule has 0 bridgehead atoms. The van der Waals surface area contributed by atoms with Crippen LogP contribution in [-0.4, -0.2) is 22.7 Å². The molecule has 0 saturated heterocycles. The molecule has 0 aliphatic heterocycles. The third kappa shape index (κ3) is 6.00. The van der Waals surface area contributed by atoms with Crippen LogP contribution in [0.5, 0.6) is 0 Å². The van der Waals surface area contributed by atoms with Gasteiger partial charge in [-0.2, -0.15) is 0 Å². The van der Waals surface area contributed by atoms with Crippen LogP contribution in [0.15, 0.2) is 36.4 Å². The molecule has 18 heavy (non-hydrogen) atoms. The first-order valence-corrected chi connectivity index (χ1v) is 6.27. The summed E-state index contributed by atoms with van der Waals surface area (Å²) in [4.78, 5) is 33.2. The lowest BCUT2D eigenvalue weighted by molar-refractivity contribution is -0.126. The molecule has 94 valence electrons. The molecule has 0 aliphatic carbocycles. The smallest absolute Gasteiger partial charge is 0.250 e. The molecule has 0 heterocycles. The quantitative estimate of drug-likeness (QED) is 0.838. The van der Waals surface area contributed by atoms with Gasteiger partial charge in [0.05, 0.1) is 5.75 Å². The number of carbonyl (C=O) groups excluding carboxylic acids is 3. The lowest BCUT2D eigenvalue weighted by Crippen LogP contribution is -2.30. The van der Waals surface area contributed by atoms with Gasteiger partial charge in [-0.3, -0.25) is 19.7 Å². The number of hydrogen-bond donors (Lipinski definition) is 1. The molecular weight excluding hydrogens is 250 g/mol. The van der Waals surface area contributed by atoms with E-state index < -0.39 is 11.8 Å². The Balaban J connectivity index is 2.40. The molecule has 0 aromatic heterocycles. The van der Waals surface area contributed by atoms with Crippen LogP contribution in [0, 0.1) is 0 Å². The number of amides is 2. The van der Waals surface area contributed by atoms with E-state index in [4.69, 9.17) is 0 Å². The Kier molecular flexibility index (Phi) is 5.87. The second kappa shape index (κ2) is 7.45. The van der Waals surface area contributed by atoms with Crippen molar-refractivity contribution in [3.8, 4) is 0 Å². The van der Waals surface area contributed by atoms with Gasteiger partial charge in [0.1, 0.15) is 0 Å². The summed E-state index contributed by atoms with van der Waals surface area (Å²) in [6, 6.07) is 9.27. The van der Waals surface area contributed by atoms with Crippen molar-refractivity contribution in [1.29, 1.82) is 0 Å². The van der Waals surface area contributed by atoms with Crippen molar-refractivity contribution in [2.24, 2.45) is 0 Å². The van der Waals surface area contributed by atoms with Gasteiger partial charge < -0.3 is 0 Å². The SMILES string of the molecule is CC(=O)SCC(=O)NC(=O)/C=C/c1ccccc1. The van der Waals surface area contributed by atoms with E-state index in [2.05, 4.69) is 5.32 Å². The normalized spacial score (nSPS) is 10.3. The fraction of sp³-hybridized carbons (Fsp3) is 0.154. The molecule has 0 spiro atoms. The average molecular weight is 263 g/mol. The van der Waals surface area contributed by atoms with E-state index in [0.29, 0.717) is 0 Å². The van der Waals surface area contributed by atoms with E-state index in [1.54, 1.807) is 6.08 Å². The first-order valence-electron chi connectivity index (χ1n) is 5.28. The molecule has 0 unspecified atom stereocenters. The standard InChI is InChI=1S/C13H13NO3S/c1-10(15)18-9-13(17)14-12(16)8-7-11-5-3-2-4-6-11/h2-8H,9H2,1H3,(H,14,16,17)/b8-7+. The van der Waals surface area contributed by atoms with Crippen molar-refractivity contribution < 1.29 is 14.4 Å². The maximum absolute atomic E-state index is 11.4. The minimum absolute atomic E-state index is 0.0414. The second-order valence-corrected chi connectivity index (χ2v) is 4.59. The highest BCUT2D eigenvalue weighted by Gasteiger charge is 2.06. The molecule has 0 atom stereocenters. The summed E-state index contributed by atoms with van der Waals surface area (Å²) in [5.74, 6) is -1.01. The molecular formula is C13H13NO3S. The Morgan fingerprint density at radius 2 is 1.89 bits per heavy atom. The second-order valence-electron chi connectivity index (χ2n) is 3.44. The van der Waals surface area contributed by atoms with Gasteiger partial charge in [-0.25, -0.2) is 0 Å². The molecule has 4 nitrogen and oxygen atoms in total. The van der Waals surface area contributed by atoms with Gasteiger partial charge in [-0.15, -0.1) is 0 Å². The third-order valence-electron chi connectivity index (χ3n) is 1.90. The van der Waals surface area contributed by atoms with Crippen molar-refractivity contribution in [1.82, 2.24) is 5.32 Å². The summed E-state index contributed by atoms with van der Waals surface area (Å²) < 4.78 is 0. The number of carbonyl (C=O) groups is 3. The van der Waals surface area contributed by atoms with Crippen molar-refractivity contribution >= 4 is 34.8 Å². The molecule has 1 rings (SSSR count). The summed E-state index contributed by atoms with van der Waals surface area (Å²) in [5.41, 5.74) is 0.873. The van der Waals surface area contributed by atoms with E-state index in [1.807, 2.05) is 30.3 Å². The summed E-state index contributed by atoms with van der Waals surface area (Å²) >= 11 is 0.869. The minimum atomic E-state index is -0.493. The summed E-state index contributed by atoms with van der Waals surface area (Å²) in [5, 5.41) is 2.01. The topological polar surface area (TPSA) is 63.2 Å². The first kappa shape index (κ1) is 14.2. The third-order valence-corrected chi connectivity index (χ3v) is 2.71. The van der Waals surface area contributed by atoms with Crippen molar-refractivity contribution in [2.45, 2.75) is 6.92 Å². The molecule has 0 saturated carbocycles. The van der Waals surface area contributed by atoms with Gasteiger partial charge in [0.2, 0.25) is 5.91 Å². The largest absolute Gasteiger partial charge is 0.292 e. The van der Waals surface area contributed by atoms with E-state index in [9.17, 15) is 14.4 Å². The van der Waals surface area contributed by atoms with Crippen LogP contribution < -0.4 is 5.32 Å². The van der Waals surface area contributed by atoms with Gasteiger partial charge in [-0.05, 0) is 11.6 Å². The molecule has 0 fully saturated rings. The van der Waals surface area contributed by atoms with Gasteiger partial charge >= 0.3 is 0 Å². The van der Waals surface area contributed by atoms with Gasteiger partial charge in [0.15, 0.2) is 5.12 Å². The van der Waals surface area contributed by atoms with Gasteiger partial charge in [-0.1, -0.05) is 42.1 Å². The number of thioether (sulfide) groups is 1. The van der Waals surface area contributed by atoms with Gasteiger partial charge in [0.25, 0.3) is 5.91 Å². The molecule has 5 heteroatoms. The van der Waals surface area contributed by atoms with Crippen LogP contribution in [-0.2, 0) is 14.4 Å². The Morgan fingerprint density at radius 1 is 1.22 bits per heavy atom. The zero-order chi connectivity index (χ0) is 13.4. The van der Waals surface area contributed by atoms with E-state index in [0.717, 1.165) is 17.3 Å². The zero-order valence-corrected chi connectivity index (χ0v) is 10.7. The molecule has 1 aromatic carbocycles. The van der Waals surface area contributed by atoms with Crippen LogP contribution in [0.4, 0.5) is 0 Å². The highest BCUT2D eigenvalue weighted by Crippen LogP contribution is 2.01. The van der Waals surface area contributed by atoms with Crippen LogP contribution in [0.1, 0.15) is 12.5 Å². The fourth-order valence-corrected chi connectivity index (χ4v) is 1.52. The Hall–Kier alpha value is -1.88. The molecule has 1 N–H and O–H groups in total. The summed E-state index contributed by atoms with van der Waals surface area (Å²) in [6.45, 7) is 1.37. The van der Waals surface area contributed by atoms with Crippen LogP contribution in [0.25, 0.3) is 6.08 Å². The number of benzene rings is 1. The first-order chi connectivity index (χ1) is 8.58. The number of nitrogens with one attached hydrogen (secondary N) is 1. The van der Waals surface area contributed by atoms with Crippen molar-refractivity contribution in [3.05, 3.63) is 42.0 Å². The number of imide groups is 1. The lowest BCUT2D eigenvalue weighted by Gasteiger charge is -1.99. The molecule has 0 radical (unpaired) electrons. The summed E-state index contributed by atoms with van der Waals surface area (Å²) in [6.07, 6.45) is 2.90. The van der Waals surface area contributed by atoms with Crippen molar-refractivity contribution in [3.63, 3.8) is 0 Å². The molecule has 1 aromatic rings. The Bertz CT molecular complexity index is 468. The van der Waals surface area contributed by atoms with Crippen LogP contribution >= 0.6 is 11.8 Å². The van der Waals surface area contributed by atoms with Crippen molar-refractivity contribution in [2.75, 3.05) is 5.75 Å². The van der Waals surface area contributed by atoms with E-state index in [1.165, 1.54) is 13.0 Å². The maximum Gasteiger partial charge on any atom is 0.250 e. The lowest BCUT2D eigenvalue weighted by atomic mass is 10.2. The maximum atomic E-state index is 11.4. The van der Waals surface area contributed by atoms with Crippen LogP contribution in [0.3, 0.4) is 0 Å². The number of rotatable bonds is 4. The monoisotopic (exact) mass is 263 g/mol. The predicted molar refractivity (Wildman–Crippen MR) is 71.8 cm³/mol. The number of hydrogen-bond acceptors (Lipinski definition) is 4. The Labute approximate surface area is 109 Å². The predicted octanol–water partition coefficient (Wildman–Crippen LogP) is 1.62. The zero-order valence-electron chi connectivity index (χ0n) is 9.88. The van der Waals surface area contributed by atoms with Crippen LogP contribution in [0.2, 0.25) is 0 Å². The Morgan fingerprint density at radius 3 is 2.50 bits per heavy atom. The highest BCUT2D eigenvalue weighted by atomic mass is 32.2. The van der Waals surface area contributed by atoms with Gasteiger partial charge in [0, 0.05) is 13.0 Å². The highest BCUT2D eigenvalue weighted by molar-refractivity contribution is 8.14.